The third-order valence-electron chi connectivity index (χ3n) is 1.93. The predicted octanol–water partition coefficient (Wildman–Crippen LogP) is 2.80. The summed E-state index contributed by atoms with van der Waals surface area (Å²) in [6, 6.07) is 1.56. The molecule has 16 heavy (non-hydrogen) atoms. The van der Waals surface area contributed by atoms with Crippen LogP contribution in [0, 0.1) is 0 Å². The molecule has 1 aromatic rings. The molecule has 0 fully saturated rings. The molecule has 3 nitrogen and oxygen atoms in total. The summed E-state index contributed by atoms with van der Waals surface area (Å²) in [4.78, 5) is 13.8. The lowest BCUT2D eigenvalue weighted by Crippen LogP contribution is -2.29. The van der Waals surface area contributed by atoms with E-state index in [1.807, 2.05) is 0 Å². The fourth-order valence-corrected chi connectivity index (χ4v) is 2.61. The minimum absolute atomic E-state index is 0.176. The lowest BCUT2D eigenvalue weighted by molar-refractivity contribution is 0.0799. The maximum Gasteiger partial charge on any atom is 0.256 e. The highest BCUT2D eigenvalue weighted by molar-refractivity contribution is 7.80. The van der Waals surface area contributed by atoms with E-state index in [4.69, 9.17) is 41.2 Å². The largest absolute Gasteiger partial charge is 0.393 e. The molecule has 0 aliphatic carbocycles. The van der Waals surface area contributed by atoms with Crippen molar-refractivity contribution >= 4 is 57.7 Å². The van der Waals surface area contributed by atoms with E-state index in [1.165, 1.54) is 16.2 Å². The van der Waals surface area contributed by atoms with Crippen molar-refractivity contribution < 1.29 is 4.79 Å². The van der Waals surface area contributed by atoms with Crippen LogP contribution in [0.3, 0.4) is 0 Å². The molecular weight excluding hydrogens is 287 g/mol. The molecule has 0 saturated carbocycles. The Morgan fingerprint density at radius 2 is 2.25 bits per heavy atom. The zero-order chi connectivity index (χ0) is 12.3. The van der Waals surface area contributed by atoms with Crippen molar-refractivity contribution in [3.05, 3.63) is 20.3 Å². The van der Waals surface area contributed by atoms with Crippen molar-refractivity contribution in [3.8, 4) is 0 Å². The van der Waals surface area contributed by atoms with Gasteiger partial charge in [-0.15, -0.1) is 11.3 Å². The summed E-state index contributed by atoms with van der Waals surface area (Å²) in [6.07, 6.45) is 0.493. The fraction of sp³-hybridized carbons (Fsp3) is 0.333. The molecule has 0 aliphatic heterocycles. The van der Waals surface area contributed by atoms with Gasteiger partial charge in [-0.1, -0.05) is 35.4 Å². The van der Waals surface area contributed by atoms with Crippen LogP contribution in [-0.2, 0) is 0 Å². The van der Waals surface area contributed by atoms with Crippen molar-refractivity contribution in [2.75, 3.05) is 13.6 Å². The average Bonchev–Trinajstić information content (AvgIpc) is 2.53. The zero-order valence-electron chi connectivity index (χ0n) is 8.50. The summed E-state index contributed by atoms with van der Waals surface area (Å²) in [6.45, 7) is 0.470. The number of nitrogens with zero attached hydrogens (tertiary/aromatic N) is 1. The van der Waals surface area contributed by atoms with Gasteiger partial charge in [0, 0.05) is 20.0 Å². The van der Waals surface area contributed by atoms with Crippen molar-refractivity contribution in [1.29, 1.82) is 0 Å². The standard InChI is InChI=1S/C9H10Cl2N2OS2/c1-13(3-2-7(12)15)9(14)5-4-6(10)16-8(5)11/h4H,2-3H2,1H3,(H2,12,15). The summed E-state index contributed by atoms with van der Waals surface area (Å²) in [5.74, 6) is -0.176. The van der Waals surface area contributed by atoms with E-state index in [-0.39, 0.29) is 5.91 Å². The summed E-state index contributed by atoms with van der Waals surface area (Å²) in [7, 11) is 1.67. The molecule has 7 heteroatoms. The summed E-state index contributed by atoms with van der Waals surface area (Å²) in [5, 5.41) is 0. The van der Waals surface area contributed by atoms with Gasteiger partial charge in [-0.25, -0.2) is 0 Å². The summed E-state index contributed by atoms with van der Waals surface area (Å²) in [5.41, 5.74) is 5.78. The molecule has 2 N–H and O–H groups in total. The van der Waals surface area contributed by atoms with Crippen LogP contribution in [-0.4, -0.2) is 29.4 Å². The second-order valence-electron chi connectivity index (χ2n) is 3.18. The molecule has 1 amide bonds. The second-order valence-corrected chi connectivity index (χ2v) is 5.99. The van der Waals surface area contributed by atoms with Gasteiger partial charge >= 0.3 is 0 Å². The Labute approximate surface area is 113 Å². The zero-order valence-corrected chi connectivity index (χ0v) is 11.6. The monoisotopic (exact) mass is 296 g/mol. The highest BCUT2D eigenvalue weighted by atomic mass is 35.5. The molecule has 1 heterocycles. The maximum absolute atomic E-state index is 11.9. The van der Waals surface area contributed by atoms with Crippen LogP contribution in [0.2, 0.25) is 8.67 Å². The molecule has 1 rings (SSSR count). The Bertz CT molecular complexity index is 420. The Morgan fingerprint density at radius 3 is 2.69 bits per heavy atom. The van der Waals surface area contributed by atoms with Gasteiger partial charge in [0.2, 0.25) is 0 Å². The normalized spacial score (nSPS) is 10.2. The Kier molecular flexibility index (Phi) is 4.98. The SMILES string of the molecule is CN(CCC(N)=S)C(=O)c1cc(Cl)sc1Cl. The third-order valence-corrected chi connectivity index (χ3v) is 3.62. The van der Waals surface area contributed by atoms with Crippen LogP contribution in [0.1, 0.15) is 16.8 Å². The number of rotatable bonds is 4. The van der Waals surface area contributed by atoms with Gasteiger partial charge in [-0.2, -0.15) is 0 Å². The first kappa shape index (κ1) is 13.7. The van der Waals surface area contributed by atoms with Gasteiger partial charge in [-0.3, -0.25) is 4.79 Å². The fourth-order valence-electron chi connectivity index (χ4n) is 1.07. The summed E-state index contributed by atoms with van der Waals surface area (Å²) >= 11 is 17.6. The van der Waals surface area contributed by atoms with Crippen LogP contribution in [0.4, 0.5) is 0 Å². The van der Waals surface area contributed by atoms with Gasteiger partial charge in [0.25, 0.3) is 5.91 Å². The van der Waals surface area contributed by atoms with Gasteiger partial charge in [0.1, 0.15) is 4.34 Å². The number of hydrogen-bond donors (Lipinski definition) is 1. The molecule has 0 spiro atoms. The minimum Gasteiger partial charge on any atom is -0.393 e. The van der Waals surface area contributed by atoms with Crippen molar-refractivity contribution in [1.82, 2.24) is 4.90 Å². The number of amides is 1. The Balaban J connectivity index is 2.70. The minimum atomic E-state index is -0.176. The number of thiocarbonyl (C=S) groups is 1. The van der Waals surface area contributed by atoms with Crippen LogP contribution >= 0.6 is 46.8 Å². The van der Waals surface area contributed by atoms with Gasteiger partial charge in [-0.05, 0) is 6.07 Å². The quantitative estimate of drug-likeness (QED) is 0.869. The van der Waals surface area contributed by atoms with Crippen molar-refractivity contribution in [2.45, 2.75) is 6.42 Å². The molecule has 0 saturated heterocycles. The molecule has 0 aliphatic rings. The molecule has 0 unspecified atom stereocenters. The summed E-state index contributed by atoms with van der Waals surface area (Å²) < 4.78 is 0.897. The number of halogens is 2. The number of nitrogens with two attached hydrogens (primary N) is 1. The van der Waals surface area contributed by atoms with Gasteiger partial charge in [0.05, 0.1) is 14.9 Å². The van der Waals surface area contributed by atoms with Crippen LogP contribution in [0.15, 0.2) is 6.07 Å². The molecular formula is C9H10Cl2N2OS2. The molecule has 88 valence electrons. The van der Waals surface area contributed by atoms with Gasteiger partial charge < -0.3 is 10.6 Å². The first-order valence-electron chi connectivity index (χ1n) is 4.40. The van der Waals surface area contributed by atoms with Crippen molar-refractivity contribution in [2.24, 2.45) is 5.73 Å². The predicted molar refractivity (Wildman–Crippen MR) is 72.7 cm³/mol. The van der Waals surface area contributed by atoms with Crippen LogP contribution in [0.25, 0.3) is 0 Å². The molecule has 0 radical (unpaired) electrons. The number of carbonyl (C=O) groups excluding carboxylic acids is 1. The first-order valence-corrected chi connectivity index (χ1v) is 6.38. The van der Waals surface area contributed by atoms with E-state index in [2.05, 4.69) is 0 Å². The van der Waals surface area contributed by atoms with E-state index in [0.29, 0.717) is 32.2 Å². The second kappa shape index (κ2) is 5.82. The third kappa shape index (κ3) is 3.59. The molecule has 0 aromatic carbocycles. The Hall–Kier alpha value is -0.360. The van der Waals surface area contributed by atoms with Crippen LogP contribution in [0.5, 0.6) is 0 Å². The van der Waals surface area contributed by atoms with E-state index in [1.54, 1.807) is 13.1 Å². The van der Waals surface area contributed by atoms with Crippen molar-refractivity contribution in [3.63, 3.8) is 0 Å². The molecule has 1 aromatic heterocycles. The highest BCUT2D eigenvalue weighted by Crippen LogP contribution is 2.31. The lowest BCUT2D eigenvalue weighted by Gasteiger charge is -2.16. The smallest absolute Gasteiger partial charge is 0.256 e. The number of hydrogen-bond acceptors (Lipinski definition) is 3. The maximum atomic E-state index is 11.9. The first-order chi connectivity index (χ1) is 7.41. The highest BCUT2D eigenvalue weighted by Gasteiger charge is 2.17. The van der Waals surface area contributed by atoms with Crippen LogP contribution < -0.4 is 5.73 Å². The van der Waals surface area contributed by atoms with E-state index in [0.717, 1.165) is 0 Å². The van der Waals surface area contributed by atoms with E-state index in [9.17, 15) is 4.79 Å². The topological polar surface area (TPSA) is 46.3 Å². The van der Waals surface area contributed by atoms with E-state index < -0.39 is 0 Å². The number of carbonyl (C=O) groups is 1. The number of thiophene rings is 1. The molecule has 0 atom stereocenters. The lowest BCUT2D eigenvalue weighted by atomic mass is 10.3. The Morgan fingerprint density at radius 1 is 1.62 bits per heavy atom. The average molecular weight is 297 g/mol. The molecule has 0 bridgehead atoms. The van der Waals surface area contributed by atoms with E-state index >= 15 is 0 Å². The van der Waals surface area contributed by atoms with Gasteiger partial charge in [0.15, 0.2) is 0 Å².